The SMILES string of the molecule is O=C(/C=C/c1cnccc1-c1cn[nH]c1)Nc1ccc2c(c1)OCC2. The zero-order valence-corrected chi connectivity index (χ0v) is 13.4. The van der Waals surface area contributed by atoms with Gasteiger partial charge in [-0.3, -0.25) is 14.9 Å². The molecular weight excluding hydrogens is 316 g/mol. The Hall–Kier alpha value is -3.41. The second-order valence-corrected chi connectivity index (χ2v) is 5.69. The molecule has 25 heavy (non-hydrogen) atoms. The van der Waals surface area contributed by atoms with E-state index >= 15 is 0 Å². The number of hydrogen-bond acceptors (Lipinski definition) is 4. The molecule has 0 aliphatic carbocycles. The Labute approximate surface area is 144 Å². The number of carbonyl (C=O) groups excluding carboxylic acids is 1. The Morgan fingerprint density at radius 1 is 1.28 bits per heavy atom. The minimum atomic E-state index is -0.208. The lowest BCUT2D eigenvalue weighted by atomic mass is 10.0. The molecule has 0 saturated heterocycles. The van der Waals surface area contributed by atoms with Crippen molar-refractivity contribution in [2.24, 2.45) is 0 Å². The average molecular weight is 332 g/mol. The molecule has 124 valence electrons. The van der Waals surface area contributed by atoms with Crippen molar-refractivity contribution in [1.29, 1.82) is 0 Å². The van der Waals surface area contributed by atoms with E-state index in [-0.39, 0.29) is 5.91 Å². The number of ether oxygens (including phenoxy) is 1. The van der Waals surface area contributed by atoms with Gasteiger partial charge in [0.2, 0.25) is 5.91 Å². The van der Waals surface area contributed by atoms with Gasteiger partial charge in [0.1, 0.15) is 5.75 Å². The fourth-order valence-electron chi connectivity index (χ4n) is 2.79. The third-order valence-corrected chi connectivity index (χ3v) is 4.04. The lowest BCUT2D eigenvalue weighted by molar-refractivity contribution is -0.111. The van der Waals surface area contributed by atoms with Crippen molar-refractivity contribution in [2.75, 3.05) is 11.9 Å². The first-order valence-electron chi connectivity index (χ1n) is 7.97. The average Bonchev–Trinajstić information content (AvgIpc) is 3.31. The van der Waals surface area contributed by atoms with E-state index in [4.69, 9.17) is 4.74 Å². The third-order valence-electron chi connectivity index (χ3n) is 4.04. The van der Waals surface area contributed by atoms with Gasteiger partial charge in [0.05, 0.1) is 12.8 Å². The summed E-state index contributed by atoms with van der Waals surface area (Å²) >= 11 is 0. The van der Waals surface area contributed by atoms with E-state index < -0.39 is 0 Å². The van der Waals surface area contributed by atoms with Gasteiger partial charge in [0, 0.05) is 54.0 Å². The Morgan fingerprint density at radius 2 is 2.24 bits per heavy atom. The molecule has 1 aromatic carbocycles. The number of hydrogen-bond donors (Lipinski definition) is 2. The molecule has 0 saturated carbocycles. The summed E-state index contributed by atoms with van der Waals surface area (Å²) in [5.41, 5.74) is 4.64. The highest BCUT2D eigenvalue weighted by Crippen LogP contribution is 2.28. The number of pyridine rings is 1. The topological polar surface area (TPSA) is 79.9 Å². The number of fused-ring (bicyclic) bond motifs is 1. The summed E-state index contributed by atoms with van der Waals surface area (Å²) in [6, 6.07) is 7.62. The molecule has 2 N–H and O–H groups in total. The lowest BCUT2D eigenvalue weighted by Gasteiger charge is -2.05. The van der Waals surface area contributed by atoms with Crippen LogP contribution in [0, 0.1) is 0 Å². The van der Waals surface area contributed by atoms with E-state index in [1.165, 1.54) is 11.6 Å². The summed E-state index contributed by atoms with van der Waals surface area (Å²) < 4.78 is 5.52. The first-order valence-corrected chi connectivity index (χ1v) is 7.97. The van der Waals surface area contributed by atoms with E-state index in [1.54, 1.807) is 30.9 Å². The molecule has 0 bridgehead atoms. The van der Waals surface area contributed by atoms with Crippen LogP contribution in [0.4, 0.5) is 5.69 Å². The van der Waals surface area contributed by atoms with Gasteiger partial charge in [-0.05, 0) is 29.3 Å². The van der Waals surface area contributed by atoms with Crippen LogP contribution in [0.5, 0.6) is 5.75 Å². The molecule has 1 amide bonds. The number of H-pyrrole nitrogens is 1. The fourth-order valence-corrected chi connectivity index (χ4v) is 2.79. The Bertz CT molecular complexity index is 932. The summed E-state index contributed by atoms with van der Waals surface area (Å²) in [6.45, 7) is 0.699. The number of anilines is 1. The molecule has 0 atom stereocenters. The largest absolute Gasteiger partial charge is 0.493 e. The number of rotatable bonds is 4. The summed E-state index contributed by atoms with van der Waals surface area (Å²) in [6.07, 6.45) is 11.1. The molecule has 1 aliphatic rings. The quantitative estimate of drug-likeness (QED) is 0.720. The first-order chi connectivity index (χ1) is 12.3. The number of aromatic amines is 1. The molecule has 3 heterocycles. The van der Waals surface area contributed by atoms with Gasteiger partial charge in [0.15, 0.2) is 0 Å². The van der Waals surface area contributed by atoms with Gasteiger partial charge in [-0.1, -0.05) is 6.07 Å². The molecule has 0 radical (unpaired) electrons. The molecule has 1 aliphatic heterocycles. The maximum absolute atomic E-state index is 12.2. The number of aromatic nitrogens is 3. The smallest absolute Gasteiger partial charge is 0.248 e. The molecule has 6 heteroatoms. The number of carbonyl (C=O) groups is 1. The van der Waals surface area contributed by atoms with Crippen molar-refractivity contribution in [3.63, 3.8) is 0 Å². The van der Waals surface area contributed by atoms with Crippen molar-refractivity contribution < 1.29 is 9.53 Å². The van der Waals surface area contributed by atoms with Gasteiger partial charge in [0.25, 0.3) is 0 Å². The van der Waals surface area contributed by atoms with E-state index in [0.29, 0.717) is 6.61 Å². The van der Waals surface area contributed by atoms with E-state index in [0.717, 1.165) is 34.5 Å². The first kappa shape index (κ1) is 15.1. The predicted molar refractivity (Wildman–Crippen MR) is 95.1 cm³/mol. The van der Waals surface area contributed by atoms with E-state index in [9.17, 15) is 4.79 Å². The summed E-state index contributed by atoms with van der Waals surface area (Å²) in [5.74, 6) is 0.635. The van der Waals surface area contributed by atoms with Gasteiger partial charge in [-0.2, -0.15) is 5.10 Å². The zero-order chi connectivity index (χ0) is 17.1. The number of benzene rings is 1. The van der Waals surface area contributed by atoms with Crippen LogP contribution in [0.25, 0.3) is 17.2 Å². The standard InChI is InChI=1S/C19H16N4O2/c24-19(23-16-3-1-13-6-8-25-18(13)9-16)4-2-14-10-20-7-5-17(14)15-11-21-22-12-15/h1-5,7,9-12H,6,8H2,(H,21,22)(H,23,24)/b4-2+. The van der Waals surface area contributed by atoms with Crippen molar-refractivity contribution in [3.8, 4) is 16.9 Å². The molecule has 2 aromatic heterocycles. The Balaban J connectivity index is 1.50. The molecule has 0 unspecified atom stereocenters. The van der Waals surface area contributed by atoms with Crippen LogP contribution in [0.1, 0.15) is 11.1 Å². The molecular formula is C19H16N4O2. The summed E-state index contributed by atoms with van der Waals surface area (Å²) in [5, 5.41) is 9.60. The number of nitrogens with one attached hydrogen (secondary N) is 2. The van der Waals surface area contributed by atoms with E-state index in [2.05, 4.69) is 20.5 Å². The highest BCUT2D eigenvalue weighted by atomic mass is 16.5. The van der Waals surface area contributed by atoms with E-state index in [1.807, 2.05) is 24.3 Å². The van der Waals surface area contributed by atoms with Gasteiger partial charge in [-0.15, -0.1) is 0 Å². The maximum atomic E-state index is 12.2. The molecule has 0 spiro atoms. The van der Waals surface area contributed by atoms with Crippen LogP contribution in [0.2, 0.25) is 0 Å². The monoisotopic (exact) mass is 332 g/mol. The Morgan fingerprint density at radius 3 is 3.12 bits per heavy atom. The van der Waals surface area contributed by atoms with Gasteiger partial charge >= 0.3 is 0 Å². The number of nitrogens with zero attached hydrogens (tertiary/aromatic N) is 2. The van der Waals surface area contributed by atoms with Crippen LogP contribution in [0.3, 0.4) is 0 Å². The minimum Gasteiger partial charge on any atom is -0.493 e. The third kappa shape index (κ3) is 3.28. The second kappa shape index (κ2) is 6.60. The van der Waals surface area contributed by atoms with Crippen LogP contribution < -0.4 is 10.1 Å². The number of amides is 1. The molecule has 4 rings (SSSR count). The highest BCUT2D eigenvalue weighted by Gasteiger charge is 2.12. The molecule has 3 aromatic rings. The lowest BCUT2D eigenvalue weighted by Crippen LogP contribution is -2.07. The Kier molecular flexibility index (Phi) is 4.00. The van der Waals surface area contributed by atoms with Crippen molar-refractivity contribution in [2.45, 2.75) is 6.42 Å². The fraction of sp³-hybridized carbons (Fsp3) is 0.105. The van der Waals surface area contributed by atoms with Crippen molar-refractivity contribution in [1.82, 2.24) is 15.2 Å². The van der Waals surface area contributed by atoms with Crippen LogP contribution in [-0.4, -0.2) is 27.7 Å². The van der Waals surface area contributed by atoms with Gasteiger partial charge < -0.3 is 10.1 Å². The highest BCUT2D eigenvalue weighted by molar-refractivity contribution is 6.02. The van der Waals surface area contributed by atoms with Crippen LogP contribution >= 0.6 is 0 Å². The van der Waals surface area contributed by atoms with Crippen LogP contribution in [-0.2, 0) is 11.2 Å². The predicted octanol–water partition coefficient (Wildman–Crippen LogP) is 3.06. The zero-order valence-electron chi connectivity index (χ0n) is 13.4. The van der Waals surface area contributed by atoms with Crippen molar-refractivity contribution >= 4 is 17.7 Å². The maximum Gasteiger partial charge on any atom is 0.248 e. The summed E-state index contributed by atoms with van der Waals surface area (Å²) in [7, 11) is 0. The second-order valence-electron chi connectivity index (χ2n) is 5.69. The molecule has 6 nitrogen and oxygen atoms in total. The van der Waals surface area contributed by atoms with Crippen LogP contribution in [0.15, 0.2) is 55.1 Å². The summed E-state index contributed by atoms with van der Waals surface area (Å²) in [4.78, 5) is 16.3. The van der Waals surface area contributed by atoms with Crippen molar-refractivity contribution in [3.05, 3.63) is 66.3 Å². The molecule has 0 fully saturated rings. The normalized spacial score (nSPS) is 12.8. The van der Waals surface area contributed by atoms with Gasteiger partial charge in [-0.25, -0.2) is 0 Å². The minimum absolute atomic E-state index is 0.208.